The molecule has 41 heavy (non-hydrogen) atoms. The van der Waals surface area contributed by atoms with E-state index in [0.29, 0.717) is 39.5 Å². The number of nitrogens with zero attached hydrogens (tertiary/aromatic N) is 3. The molecule has 214 valence electrons. The predicted octanol–water partition coefficient (Wildman–Crippen LogP) is 5.91. The smallest absolute Gasteiger partial charge is 0.332 e. The van der Waals surface area contributed by atoms with Crippen molar-refractivity contribution in [1.29, 1.82) is 0 Å². The Hall–Kier alpha value is -3.38. The van der Waals surface area contributed by atoms with Gasteiger partial charge in [-0.1, -0.05) is 40.5 Å². The fourth-order valence-corrected chi connectivity index (χ4v) is 5.95. The molecule has 1 aliphatic carbocycles. The molecule has 13 heteroatoms. The van der Waals surface area contributed by atoms with Gasteiger partial charge in [-0.05, 0) is 56.0 Å². The van der Waals surface area contributed by atoms with E-state index in [1.807, 2.05) is 24.3 Å². The number of ether oxygens (including phenoxy) is 1. The summed E-state index contributed by atoms with van der Waals surface area (Å²) < 4.78 is 35.3. The van der Waals surface area contributed by atoms with Gasteiger partial charge in [0.25, 0.3) is 0 Å². The van der Waals surface area contributed by atoms with Crippen LogP contribution in [0.15, 0.2) is 53.2 Å². The van der Waals surface area contributed by atoms with E-state index in [1.54, 1.807) is 22.9 Å². The van der Waals surface area contributed by atoms with Crippen molar-refractivity contribution >= 4 is 62.4 Å². The molecule has 2 fully saturated rings. The minimum Gasteiger partial charge on any atom is -0.373 e. The summed E-state index contributed by atoms with van der Waals surface area (Å²) in [5.41, 5.74) is 4.48. The summed E-state index contributed by atoms with van der Waals surface area (Å²) in [4.78, 5) is 18.4. The summed E-state index contributed by atoms with van der Waals surface area (Å²) in [6.07, 6.45) is 5.45. The molecule has 2 amide bonds. The Balaban J connectivity index is 1.09. The lowest BCUT2D eigenvalue weighted by molar-refractivity contribution is 0.0246. The van der Waals surface area contributed by atoms with Gasteiger partial charge in [0.05, 0.1) is 40.2 Å². The number of benzene rings is 2. The summed E-state index contributed by atoms with van der Waals surface area (Å²) in [5.74, 6) is 1.24. The number of pyridine rings is 1. The number of aromatic nitrogens is 2. The van der Waals surface area contributed by atoms with Crippen LogP contribution in [0.4, 0.5) is 16.2 Å². The van der Waals surface area contributed by atoms with Crippen LogP contribution in [-0.4, -0.2) is 43.8 Å². The Morgan fingerprint density at radius 2 is 1.83 bits per heavy atom. The molecule has 1 saturated heterocycles. The normalized spacial score (nSPS) is 15.9. The zero-order valence-electron chi connectivity index (χ0n) is 21.8. The SMILES string of the molecule is O=C(Nc1cnc2cc(N3CCC(OCc4c(-c5c(Cl)cccc5Cl)noc4C4CC4)CC3)ccc2c1)N[SH](=O)=O. The van der Waals surface area contributed by atoms with E-state index in [1.165, 1.54) is 6.20 Å². The van der Waals surface area contributed by atoms with E-state index in [4.69, 9.17) is 32.5 Å². The molecule has 0 bridgehead atoms. The van der Waals surface area contributed by atoms with Crippen molar-refractivity contribution in [3.05, 3.63) is 70.0 Å². The van der Waals surface area contributed by atoms with E-state index in [-0.39, 0.29) is 6.10 Å². The quantitative estimate of drug-likeness (QED) is 0.209. The molecular weight excluding hydrogens is 589 g/mol. The Labute approximate surface area is 248 Å². The third kappa shape index (κ3) is 6.28. The number of hydrogen-bond acceptors (Lipinski definition) is 8. The molecule has 0 unspecified atom stereocenters. The number of anilines is 2. The van der Waals surface area contributed by atoms with Crippen LogP contribution in [0, 0.1) is 0 Å². The molecule has 4 aromatic rings. The standard InChI is InChI=1S/C28H27Cl2N5O5S/c29-22-2-1-3-23(30)25(22)26-21(27(40-33-26)16-4-5-16)15-39-20-8-10-35(11-9-20)19-7-6-17-12-18(14-31-24(17)13-19)32-28(36)34-41(37)38/h1-3,6-7,12-14,16,20,41H,4-5,8-11,15H2,(H2,32,34,36,37,38). The first kappa shape index (κ1) is 27.8. The fraction of sp³-hybridized carbons (Fsp3) is 0.321. The third-order valence-corrected chi connectivity index (χ3v) is 8.37. The number of amides is 2. The van der Waals surface area contributed by atoms with Gasteiger partial charge in [0.2, 0.25) is 10.9 Å². The van der Waals surface area contributed by atoms with Crippen molar-refractivity contribution in [3.63, 3.8) is 0 Å². The van der Waals surface area contributed by atoms with Crippen LogP contribution in [0.25, 0.3) is 22.2 Å². The summed E-state index contributed by atoms with van der Waals surface area (Å²) in [5, 5.41) is 8.70. The van der Waals surface area contributed by atoms with Crippen LogP contribution < -0.4 is 14.9 Å². The zero-order chi connectivity index (χ0) is 28.5. The highest BCUT2D eigenvalue weighted by Gasteiger charge is 2.34. The number of rotatable bonds is 8. The second kappa shape index (κ2) is 11.8. The summed E-state index contributed by atoms with van der Waals surface area (Å²) in [7, 11) is -3.03. The van der Waals surface area contributed by atoms with Gasteiger partial charge >= 0.3 is 6.03 Å². The minimum absolute atomic E-state index is 0.0883. The number of hydrogen-bond donors (Lipinski definition) is 3. The molecule has 1 aliphatic heterocycles. The van der Waals surface area contributed by atoms with Crippen LogP contribution >= 0.6 is 23.2 Å². The van der Waals surface area contributed by atoms with Gasteiger partial charge in [-0.2, -0.15) is 0 Å². The van der Waals surface area contributed by atoms with Gasteiger partial charge in [0.15, 0.2) is 0 Å². The topological polar surface area (TPSA) is 127 Å². The van der Waals surface area contributed by atoms with E-state index in [0.717, 1.165) is 66.7 Å². The summed E-state index contributed by atoms with van der Waals surface area (Å²) in [6.45, 7) is 2.04. The number of halogens is 2. The number of carbonyl (C=O) groups excluding carboxylic acids is 1. The molecule has 1 saturated carbocycles. The van der Waals surface area contributed by atoms with E-state index in [9.17, 15) is 13.2 Å². The molecule has 3 heterocycles. The molecule has 6 rings (SSSR count). The number of urea groups is 1. The highest BCUT2D eigenvalue weighted by Crippen LogP contribution is 2.46. The average Bonchev–Trinajstić information content (AvgIpc) is 3.71. The first-order valence-corrected chi connectivity index (χ1v) is 15.2. The molecule has 0 atom stereocenters. The number of thiol groups is 1. The number of piperidine rings is 1. The van der Waals surface area contributed by atoms with Crippen molar-refractivity contribution in [3.8, 4) is 11.3 Å². The second-order valence-corrected chi connectivity index (χ2v) is 11.7. The third-order valence-electron chi connectivity index (χ3n) is 7.36. The first-order valence-electron chi connectivity index (χ1n) is 13.3. The molecule has 0 spiro atoms. The maximum absolute atomic E-state index is 11.6. The average molecular weight is 617 g/mol. The van der Waals surface area contributed by atoms with Crippen LogP contribution in [-0.2, 0) is 22.2 Å². The van der Waals surface area contributed by atoms with Crippen molar-refractivity contribution in [2.45, 2.75) is 44.3 Å². The van der Waals surface area contributed by atoms with Crippen LogP contribution in [0.1, 0.15) is 42.9 Å². The maximum atomic E-state index is 11.6. The Kier molecular flexibility index (Phi) is 8.03. The molecule has 10 nitrogen and oxygen atoms in total. The second-order valence-electron chi connectivity index (χ2n) is 10.2. The van der Waals surface area contributed by atoms with Crippen LogP contribution in [0.3, 0.4) is 0 Å². The molecular formula is C28H27Cl2N5O5S. The number of fused-ring (bicyclic) bond motifs is 1. The van der Waals surface area contributed by atoms with Crippen LogP contribution in [0.2, 0.25) is 10.0 Å². The molecule has 0 radical (unpaired) electrons. The lowest BCUT2D eigenvalue weighted by atomic mass is 10.0. The fourth-order valence-electron chi connectivity index (χ4n) is 5.15. The van der Waals surface area contributed by atoms with E-state index in [2.05, 4.69) is 20.4 Å². The monoisotopic (exact) mass is 615 g/mol. The molecule has 2 aromatic carbocycles. The Bertz CT molecular complexity index is 1650. The van der Waals surface area contributed by atoms with Crippen LogP contribution in [0.5, 0.6) is 0 Å². The highest BCUT2D eigenvalue weighted by molar-refractivity contribution is 7.71. The van der Waals surface area contributed by atoms with Gasteiger partial charge in [-0.15, -0.1) is 0 Å². The lowest BCUT2D eigenvalue weighted by Gasteiger charge is -2.33. The Morgan fingerprint density at radius 1 is 1.07 bits per heavy atom. The molecule has 2 aliphatic rings. The van der Waals surface area contributed by atoms with Gasteiger partial charge in [0, 0.05) is 41.2 Å². The van der Waals surface area contributed by atoms with Gasteiger partial charge < -0.3 is 19.5 Å². The minimum atomic E-state index is -3.03. The van der Waals surface area contributed by atoms with Crippen molar-refractivity contribution in [2.24, 2.45) is 0 Å². The first-order chi connectivity index (χ1) is 19.9. The van der Waals surface area contributed by atoms with Gasteiger partial charge in [0.1, 0.15) is 11.5 Å². The number of nitrogens with one attached hydrogen (secondary N) is 2. The predicted molar refractivity (Wildman–Crippen MR) is 158 cm³/mol. The number of carbonyl (C=O) groups is 1. The molecule has 2 N–H and O–H groups in total. The summed E-state index contributed by atoms with van der Waals surface area (Å²) in [6, 6.07) is 12.3. The largest absolute Gasteiger partial charge is 0.373 e. The van der Waals surface area contributed by atoms with Crippen molar-refractivity contribution in [1.82, 2.24) is 14.9 Å². The van der Waals surface area contributed by atoms with Gasteiger partial charge in [-0.25, -0.2) is 17.9 Å². The van der Waals surface area contributed by atoms with E-state index < -0.39 is 16.9 Å². The molecule has 2 aromatic heterocycles. The lowest BCUT2D eigenvalue weighted by Crippen LogP contribution is -2.37. The van der Waals surface area contributed by atoms with E-state index >= 15 is 0 Å². The van der Waals surface area contributed by atoms with Crippen molar-refractivity contribution in [2.75, 3.05) is 23.3 Å². The zero-order valence-corrected chi connectivity index (χ0v) is 24.2. The van der Waals surface area contributed by atoms with Gasteiger partial charge in [-0.3, -0.25) is 4.98 Å². The van der Waals surface area contributed by atoms with Crippen molar-refractivity contribution < 1.29 is 22.5 Å². The highest BCUT2D eigenvalue weighted by atomic mass is 35.5. The summed E-state index contributed by atoms with van der Waals surface area (Å²) >= 11 is 13.0. The Morgan fingerprint density at radius 3 is 2.54 bits per heavy atom. The maximum Gasteiger partial charge on any atom is 0.332 e.